The first kappa shape index (κ1) is 18.4. The van der Waals surface area contributed by atoms with Gasteiger partial charge in [-0.25, -0.2) is 0 Å². The summed E-state index contributed by atoms with van der Waals surface area (Å²) in [6, 6.07) is 9.99. The molecule has 0 spiro atoms. The lowest BCUT2D eigenvalue weighted by Crippen LogP contribution is -2.30. The van der Waals surface area contributed by atoms with Gasteiger partial charge >= 0.3 is 5.97 Å². The number of methoxy groups -OCH3 is 2. The lowest BCUT2D eigenvalue weighted by molar-refractivity contribution is -0.143. The Morgan fingerprint density at radius 2 is 1.85 bits per heavy atom. The Hall–Kier alpha value is -3.42. The van der Waals surface area contributed by atoms with Crippen LogP contribution in [0.2, 0.25) is 0 Å². The number of amides is 1. The van der Waals surface area contributed by atoms with Crippen LogP contribution in [0.1, 0.15) is 15.9 Å². The second-order valence-electron chi connectivity index (χ2n) is 5.59. The van der Waals surface area contributed by atoms with E-state index in [-0.39, 0.29) is 19.9 Å². The van der Waals surface area contributed by atoms with Gasteiger partial charge in [-0.05, 0) is 36.4 Å². The van der Waals surface area contributed by atoms with Gasteiger partial charge < -0.3 is 29.0 Å². The molecule has 0 unspecified atom stereocenters. The average Bonchev–Trinajstić information content (AvgIpc) is 3.17. The Morgan fingerprint density at radius 3 is 2.63 bits per heavy atom. The van der Waals surface area contributed by atoms with Crippen LogP contribution in [0.3, 0.4) is 0 Å². The lowest BCUT2D eigenvalue weighted by atomic mass is 10.2. The minimum atomic E-state index is -0.575. The van der Waals surface area contributed by atoms with Crippen LogP contribution < -0.4 is 24.3 Å². The van der Waals surface area contributed by atoms with Crippen LogP contribution in [-0.4, -0.2) is 39.4 Å². The molecule has 1 aliphatic heterocycles. The van der Waals surface area contributed by atoms with Gasteiger partial charge in [0.1, 0.15) is 24.7 Å². The number of benzene rings is 2. The van der Waals surface area contributed by atoms with Gasteiger partial charge in [0.2, 0.25) is 6.79 Å². The Morgan fingerprint density at radius 1 is 1.04 bits per heavy atom. The van der Waals surface area contributed by atoms with Crippen molar-refractivity contribution in [3.8, 4) is 23.0 Å². The molecule has 0 aliphatic carbocycles. The van der Waals surface area contributed by atoms with Crippen molar-refractivity contribution in [2.45, 2.75) is 6.61 Å². The van der Waals surface area contributed by atoms with Crippen LogP contribution in [-0.2, 0) is 16.1 Å². The van der Waals surface area contributed by atoms with Crippen LogP contribution in [0.4, 0.5) is 0 Å². The van der Waals surface area contributed by atoms with Gasteiger partial charge in [-0.1, -0.05) is 0 Å². The average molecular weight is 373 g/mol. The highest BCUT2D eigenvalue weighted by molar-refractivity contribution is 5.96. The summed E-state index contributed by atoms with van der Waals surface area (Å²) in [6.07, 6.45) is 0. The fourth-order valence-electron chi connectivity index (χ4n) is 2.50. The fourth-order valence-corrected chi connectivity index (χ4v) is 2.50. The maximum absolute atomic E-state index is 12.2. The monoisotopic (exact) mass is 373 g/mol. The van der Waals surface area contributed by atoms with E-state index in [1.807, 2.05) is 0 Å². The highest BCUT2D eigenvalue weighted by Gasteiger charge is 2.17. The molecule has 2 aromatic carbocycles. The van der Waals surface area contributed by atoms with E-state index in [2.05, 4.69) is 5.32 Å². The van der Waals surface area contributed by atoms with Crippen molar-refractivity contribution in [2.24, 2.45) is 0 Å². The van der Waals surface area contributed by atoms with E-state index < -0.39 is 11.9 Å². The predicted molar refractivity (Wildman–Crippen MR) is 94.2 cm³/mol. The van der Waals surface area contributed by atoms with E-state index in [9.17, 15) is 9.59 Å². The lowest BCUT2D eigenvalue weighted by Gasteiger charge is -2.11. The van der Waals surface area contributed by atoms with Crippen molar-refractivity contribution in [3.63, 3.8) is 0 Å². The number of hydrogen-bond donors (Lipinski definition) is 1. The summed E-state index contributed by atoms with van der Waals surface area (Å²) in [5, 5.41) is 2.51. The molecule has 142 valence electrons. The van der Waals surface area contributed by atoms with Crippen molar-refractivity contribution in [1.29, 1.82) is 0 Å². The Bertz CT molecular complexity index is 850. The van der Waals surface area contributed by atoms with Crippen molar-refractivity contribution in [3.05, 3.63) is 47.5 Å². The molecule has 0 fully saturated rings. The van der Waals surface area contributed by atoms with Crippen LogP contribution >= 0.6 is 0 Å². The van der Waals surface area contributed by atoms with Gasteiger partial charge in [-0.3, -0.25) is 9.59 Å². The highest BCUT2D eigenvalue weighted by Crippen LogP contribution is 2.32. The van der Waals surface area contributed by atoms with Gasteiger partial charge in [-0.2, -0.15) is 0 Å². The summed E-state index contributed by atoms with van der Waals surface area (Å²) < 4.78 is 26.0. The largest absolute Gasteiger partial charge is 0.497 e. The fraction of sp³-hybridized carbons (Fsp3) is 0.263. The molecular formula is C19H19NO7. The minimum Gasteiger partial charge on any atom is -0.497 e. The van der Waals surface area contributed by atoms with E-state index in [1.165, 1.54) is 7.11 Å². The number of fused-ring (bicyclic) bond motifs is 1. The Labute approximate surface area is 155 Å². The van der Waals surface area contributed by atoms with Crippen LogP contribution in [0, 0.1) is 0 Å². The standard InChI is InChI=1S/C19H19NO7/c1-23-14-4-6-15(24-2)13(7-14)10-25-18(21)9-20-19(22)12-3-5-16-17(8-12)27-11-26-16/h3-8H,9-11H2,1-2H3,(H,20,22). The van der Waals surface area contributed by atoms with Gasteiger partial charge in [0.25, 0.3) is 5.91 Å². The molecule has 0 aromatic heterocycles. The molecule has 1 N–H and O–H groups in total. The molecule has 1 heterocycles. The summed E-state index contributed by atoms with van der Waals surface area (Å²) in [6.45, 7) is -0.140. The van der Waals surface area contributed by atoms with Crippen LogP contribution in [0.15, 0.2) is 36.4 Å². The number of rotatable bonds is 7. The first-order valence-corrected chi connectivity index (χ1v) is 8.15. The van der Waals surface area contributed by atoms with Crippen molar-refractivity contribution >= 4 is 11.9 Å². The number of ether oxygens (including phenoxy) is 5. The van der Waals surface area contributed by atoms with Gasteiger partial charge in [-0.15, -0.1) is 0 Å². The summed E-state index contributed by atoms with van der Waals surface area (Å²) in [4.78, 5) is 24.1. The third-order valence-corrected chi connectivity index (χ3v) is 3.90. The second-order valence-corrected chi connectivity index (χ2v) is 5.59. The molecule has 8 heteroatoms. The van der Waals surface area contributed by atoms with Gasteiger partial charge in [0.05, 0.1) is 14.2 Å². The van der Waals surface area contributed by atoms with Crippen molar-refractivity contribution < 1.29 is 33.3 Å². The smallest absolute Gasteiger partial charge is 0.325 e. The molecular weight excluding hydrogens is 354 g/mol. The van der Waals surface area contributed by atoms with Crippen molar-refractivity contribution in [2.75, 3.05) is 27.6 Å². The molecule has 0 atom stereocenters. The molecule has 0 bridgehead atoms. The Balaban J connectivity index is 1.52. The summed E-state index contributed by atoms with van der Waals surface area (Å²) in [5.74, 6) is 1.29. The molecule has 1 amide bonds. The number of carbonyl (C=O) groups excluding carboxylic acids is 2. The second kappa shape index (κ2) is 8.31. The van der Waals surface area contributed by atoms with E-state index in [4.69, 9.17) is 23.7 Å². The highest BCUT2D eigenvalue weighted by atomic mass is 16.7. The third-order valence-electron chi connectivity index (χ3n) is 3.90. The normalized spacial score (nSPS) is 11.6. The summed E-state index contributed by atoms with van der Waals surface area (Å²) >= 11 is 0. The first-order chi connectivity index (χ1) is 13.1. The molecule has 0 saturated carbocycles. The Kier molecular flexibility index (Phi) is 5.65. The number of hydrogen-bond acceptors (Lipinski definition) is 7. The zero-order chi connectivity index (χ0) is 19.2. The molecule has 2 aromatic rings. The molecule has 0 saturated heterocycles. The SMILES string of the molecule is COc1ccc(OC)c(COC(=O)CNC(=O)c2ccc3c(c2)OCO3)c1. The third kappa shape index (κ3) is 4.41. The topological polar surface area (TPSA) is 92.3 Å². The quantitative estimate of drug-likeness (QED) is 0.741. The number of esters is 1. The van der Waals surface area contributed by atoms with Crippen molar-refractivity contribution in [1.82, 2.24) is 5.32 Å². The summed E-state index contributed by atoms with van der Waals surface area (Å²) in [7, 11) is 3.07. The van der Waals surface area contributed by atoms with Gasteiger partial charge in [0.15, 0.2) is 11.5 Å². The van der Waals surface area contributed by atoms with E-state index in [1.54, 1.807) is 43.5 Å². The molecule has 1 aliphatic rings. The van der Waals surface area contributed by atoms with Crippen LogP contribution in [0.5, 0.6) is 23.0 Å². The van der Waals surface area contributed by atoms with E-state index in [0.29, 0.717) is 34.1 Å². The first-order valence-electron chi connectivity index (χ1n) is 8.15. The molecule has 8 nitrogen and oxygen atoms in total. The maximum atomic E-state index is 12.2. The number of carbonyl (C=O) groups is 2. The molecule has 3 rings (SSSR count). The van der Waals surface area contributed by atoms with Gasteiger partial charge in [0, 0.05) is 11.1 Å². The predicted octanol–water partition coefficient (Wildman–Crippen LogP) is 1.91. The maximum Gasteiger partial charge on any atom is 0.325 e. The zero-order valence-electron chi connectivity index (χ0n) is 14.9. The molecule has 27 heavy (non-hydrogen) atoms. The van der Waals surface area contributed by atoms with Crippen LogP contribution in [0.25, 0.3) is 0 Å². The van der Waals surface area contributed by atoms with E-state index >= 15 is 0 Å². The minimum absolute atomic E-state index is 0.000892. The van der Waals surface area contributed by atoms with E-state index in [0.717, 1.165) is 0 Å². The zero-order valence-corrected chi connectivity index (χ0v) is 14.9. The molecule has 0 radical (unpaired) electrons. The number of nitrogens with one attached hydrogen (secondary N) is 1. The summed E-state index contributed by atoms with van der Waals surface area (Å²) in [5.41, 5.74) is 1.02.